The summed E-state index contributed by atoms with van der Waals surface area (Å²) in [5, 5.41) is 11.4. The molecule has 0 amide bonds. The van der Waals surface area contributed by atoms with Crippen molar-refractivity contribution in [2.45, 2.75) is 6.92 Å². The average Bonchev–Trinajstić information content (AvgIpc) is 2.16. The first-order chi connectivity index (χ1) is 5.83. The van der Waals surface area contributed by atoms with E-state index in [-0.39, 0.29) is 0 Å². The van der Waals surface area contributed by atoms with E-state index in [0.29, 0.717) is 5.71 Å². The Hall–Kier alpha value is -1.64. The highest BCUT2D eigenvalue weighted by molar-refractivity contribution is 5.95. The summed E-state index contributed by atoms with van der Waals surface area (Å²) in [5.41, 5.74) is 1.61. The molecule has 0 aliphatic heterocycles. The van der Waals surface area contributed by atoms with Crippen LogP contribution in [0.1, 0.15) is 12.5 Å². The third-order valence-corrected chi connectivity index (χ3v) is 1.38. The fourth-order valence-electron chi connectivity index (χ4n) is 0.725. The molecule has 0 radical (unpaired) electrons. The van der Waals surface area contributed by atoms with Crippen molar-refractivity contribution in [2.75, 3.05) is 0 Å². The summed E-state index contributed by atoms with van der Waals surface area (Å²) < 4.78 is 0. The quantitative estimate of drug-likeness (QED) is 0.410. The first kappa shape index (κ1) is 8.46. The molecule has 12 heavy (non-hydrogen) atoms. The minimum absolute atomic E-state index is 0.576. The van der Waals surface area contributed by atoms with E-state index >= 15 is 0 Å². The molecule has 1 rings (SSSR count). The highest BCUT2D eigenvalue weighted by Gasteiger charge is 1.84. The lowest BCUT2D eigenvalue weighted by molar-refractivity contribution is 0.319. The fraction of sp³-hybridized carbons (Fsp3) is 0.111. The highest BCUT2D eigenvalue weighted by Crippen LogP contribution is 1.98. The molecule has 0 bridgehead atoms. The van der Waals surface area contributed by atoms with E-state index in [2.05, 4.69) is 10.1 Å². The van der Waals surface area contributed by atoms with Gasteiger partial charge in [0.1, 0.15) is 0 Å². The molecule has 0 saturated carbocycles. The van der Waals surface area contributed by atoms with Gasteiger partial charge in [0.15, 0.2) is 0 Å². The SMILES string of the molecule is CC(/C=C/c1ccncc1)=N\O. The topological polar surface area (TPSA) is 45.5 Å². The number of oxime groups is 1. The molecule has 0 aliphatic carbocycles. The van der Waals surface area contributed by atoms with E-state index in [1.165, 1.54) is 0 Å². The first-order valence-electron chi connectivity index (χ1n) is 3.59. The van der Waals surface area contributed by atoms with Crippen LogP contribution in [0.3, 0.4) is 0 Å². The second kappa shape index (κ2) is 4.28. The van der Waals surface area contributed by atoms with Gasteiger partial charge in [-0.25, -0.2) is 0 Å². The lowest BCUT2D eigenvalue weighted by atomic mass is 10.2. The number of hydrogen-bond donors (Lipinski definition) is 1. The van der Waals surface area contributed by atoms with E-state index in [4.69, 9.17) is 5.21 Å². The molecule has 1 heterocycles. The van der Waals surface area contributed by atoms with Gasteiger partial charge in [-0.3, -0.25) is 4.98 Å². The van der Waals surface area contributed by atoms with Gasteiger partial charge in [0.25, 0.3) is 0 Å². The standard InChI is InChI=1S/C9H10N2O/c1-8(11-12)2-3-9-4-6-10-7-5-9/h2-7,12H,1H3/b3-2+,11-8+. The Kier molecular flexibility index (Phi) is 3.02. The van der Waals surface area contributed by atoms with Crippen LogP contribution in [-0.4, -0.2) is 15.9 Å². The predicted molar refractivity (Wildman–Crippen MR) is 48.2 cm³/mol. The maximum atomic E-state index is 8.34. The van der Waals surface area contributed by atoms with Crippen LogP contribution < -0.4 is 0 Å². The molecule has 3 nitrogen and oxygen atoms in total. The number of pyridine rings is 1. The van der Waals surface area contributed by atoms with Gasteiger partial charge in [0.2, 0.25) is 0 Å². The lowest BCUT2D eigenvalue weighted by Gasteiger charge is -1.89. The minimum Gasteiger partial charge on any atom is -0.411 e. The third-order valence-electron chi connectivity index (χ3n) is 1.38. The minimum atomic E-state index is 0.576. The van der Waals surface area contributed by atoms with E-state index in [0.717, 1.165) is 5.56 Å². The summed E-state index contributed by atoms with van der Waals surface area (Å²) in [6.45, 7) is 1.72. The van der Waals surface area contributed by atoms with Gasteiger partial charge in [-0.1, -0.05) is 11.2 Å². The Morgan fingerprint density at radius 3 is 2.75 bits per heavy atom. The third kappa shape index (κ3) is 2.54. The van der Waals surface area contributed by atoms with Crippen molar-refractivity contribution < 1.29 is 5.21 Å². The molecule has 3 heteroatoms. The van der Waals surface area contributed by atoms with Crippen LogP contribution in [0.5, 0.6) is 0 Å². The van der Waals surface area contributed by atoms with Gasteiger partial charge in [0.05, 0.1) is 5.71 Å². The van der Waals surface area contributed by atoms with Gasteiger partial charge in [-0.2, -0.15) is 0 Å². The summed E-state index contributed by atoms with van der Waals surface area (Å²) in [6.07, 6.45) is 7.02. The second-order valence-corrected chi connectivity index (χ2v) is 2.36. The number of hydrogen-bond acceptors (Lipinski definition) is 3. The summed E-state index contributed by atoms with van der Waals surface area (Å²) in [5.74, 6) is 0. The maximum Gasteiger partial charge on any atom is 0.0765 e. The number of aromatic nitrogens is 1. The molecular formula is C9H10N2O. The molecule has 0 atom stereocenters. The van der Waals surface area contributed by atoms with Gasteiger partial charge < -0.3 is 5.21 Å². The van der Waals surface area contributed by atoms with Crippen molar-refractivity contribution in [1.29, 1.82) is 0 Å². The Labute approximate surface area is 71.1 Å². The number of rotatable bonds is 2. The molecule has 1 aromatic rings. The average molecular weight is 162 g/mol. The van der Waals surface area contributed by atoms with E-state index in [1.54, 1.807) is 25.4 Å². The Bertz CT molecular complexity index is 291. The molecule has 0 fully saturated rings. The summed E-state index contributed by atoms with van der Waals surface area (Å²) >= 11 is 0. The number of nitrogens with zero attached hydrogens (tertiary/aromatic N) is 2. The van der Waals surface area contributed by atoms with Gasteiger partial charge in [0, 0.05) is 12.4 Å². The first-order valence-corrected chi connectivity index (χ1v) is 3.59. The predicted octanol–water partition coefficient (Wildman–Crippen LogP) is 1.94. The zero-order chi connectivity index (χ0) is 8.81. The van der Waals surface area contributed by atoms with Crippen molar-refractivity contribution in [3.63, 3.8) is 0 Å². The second-order valence-electron chi connectivity index (χ2n) is 2.36. The van der Waals surface area contributed by atoms with Crippen molar-refractivity contribution in [3.8, 4) is 0 Å². The molecule has 0 aromatic carbocycles. The maximum absolute atomic E-state index is 8.34. The van der Waals surface area contributed by atoms with Crippen LogP contribution in [0.25, 0.3) is 6.08 Å². The van der Waals surface area contributed by atoms with E-state index < -0.39 is 0 Å². The van der Waals surface area contributed by atoms with Crippen molar-refractivity contribution in [3.05, 3.63) is 36.2 Å². The zero-order valence-electron chi connectivity index (χ0n) is 6.81. The van der Waals surface area contributed by atoms with E-state index in [1.807, 2.05) is 18.2 Å². The Morgan fingerprint density at radius 2 is 2.17 bits per heavy atom. The van der Waals surface area contributed by atoms with Crippen molar-refractivity contribution in [2.24, 2.45) is 5.16 Å². The van der Waals surface area contributed by atoms with Crippen LogP contribution in [0.2, 0.25) is 0 Å². The molecule has 0 aliphatic rings. The van der Waals surface area contributed by atoms with Crippen LogP contribution in [0, 0.1) is 0 Å². The molecule has 0 saturated heterocycles. The van der Waals surface area contributed by atoms with Gasteiger partial charge in [-0.05, 0) is 30.7 Å². The Morgan fingerprint density at radius 1 is 1.50 bits per heavy atom. The smallest absolute Gasteiger partial charge is 0.0765 e. The van der Waals surface area contributed by atoms with Gasteiger partial charge in [-0.15, -0.1) is 0 Å². The molecule has 0 unspecified atom stereocenters. The molecule has 1 aromatic heterocycles. The molecule has 0 spiro atoms. The number of allylic oxidation sites excluding steroid dienone is 1. The summed E-state index contributed by atoms with van der Waals surface area (Å²) in [7, 11) is 0. The monoisotopic (exact) mass is 162 g/mol. The van der Waals surface area contributed by atoms with Gasteiger partial charge >= 0.3 is 0 Å². The Balaban J connectivity index is 2.70. The van der Waals surface area contributed by atoms with Crippen LogP contribution in [-0.2, 0) is 0 Å². The molecule has 62 valence electrons. The summed E-state index contributed by atoms with van der Waals surface area (Å²) in [6, 6.07) is 3.75. The zero-order valence-corrected chi connectivity index (χ0v) is 6.81. The van der Waals surface area contributed by atoms with Crippen LogP contribution in [0.4, 0.5) is 0 Å². The molecule has 1 N–H and O–H groups in total. The summed E-state index contributed by atoms with van der Waals surface area (Å²) in [4.78, 5) is 3.88. The van der Waals surface area contributed by atoms with Crippen LogP contribution in [0.15, 0.2) is 35.8 Å². The fourth-order valence-corrected chi connectivity index (χ4v) is 0.725. The molecular weight excluding hydrogens is 152 g/mol. The lowest BCUT2D eigenvalue weighted by Crippen LogP contribution is -1.82. The van der Waals surface area contributed by atoms with Crippen molar-refractivity contribution in [1.82, 2.24) is 4.98 Å². The van der Waals surface area contributed by atoms with Crippen molar-refractivity contribution >= 4 is 11.8 Å². The van der Waals surface area contributed by atoms with E-state index in [9.17, 15) is 0 Å². The highest BCUT2D eigenvalue weighted by atomic mass is 16.4. The van der Waals surface area contributed by atoms with Crippen LogP contribution >= 0.6 is 0 Å². The largest absolute Gasteiger partial charge is 0.411 e. The normalized spacial score (nSPS) is 12.2.